The first-order chi connectivity index (χ1) is 19.1. The first-order valence-corrected chi connectivity index (χ1v) is 13.1. The molecule has 0 aromatic heterocycles. The van der Waals surface area contributed by atoms with Crippen LogP contribution in [0.4, 0.5) is 4.79 Å². The minimum absolute atomic E-state index is 0.0899. The van der Waals surface area contributed by atoms with Gasteiger partial charge in [0.2, 0.25) is 5.91 Å². The van der Waals surface area contributed by atoms with Crippen LogP contribution < -0.4 is 10.6 Å². The molecule has 0 aliphatic carbocycles. The molecule has 0 spiro atoms. The van der Waals surface area contributed by atoms with E-state index < -0.39 is 67.2 Å². The molecule has 0 bridgehead atoms. The van der Waals surface area contributed by atoms with Crippen LogP contribution in [0.25, 0.3) is 0 Å². The molecular formula is C26H40N2O12. The summed E-state index contributed by atoms with van der Waals surface area (Å²) in [5, 5.41) is 54.9. The molecule has 1 aliphatic heterocycles. The van der Waals surface area contributed by atoms with Gasteiger partial charge in [0, 0.05) is 33.1 Å². The molecule has 40 heavy (non-hydrogen) atoms. The summed E-state index contributed by atoms with van der Waals surface area (Å²) in [6.45, 7) is 1.49. The van der Waals surface area contributed by atoms with E-state index in [2.05, 4.69) is 10.6 Å². The van der Waals surface area contributed by atoms with Gasteiger partial charge in [-0.25, -0.2) is 9.59 Å². The Morgan fingerprint density at radius 1 is 1.10 bits per heavy atom. The normalized spacial score (nSPS) is 24.1. The molecule has 226 valence electrons. The van der Waals surface area contributed by atoms with E-state index in [0.717, 1.165) is 12.5 Å². The van der Waals surface area contributed by atoms with Gasteiger partial charge in [-0.2, -0.15) is 0 Å². The van der Waals surface area contributed by atoms with Crippen molar-refractivity contribution in [3.8, 4) is 0 Å². The van der Waals surface area contributed by atoms with Crippen molar-refractivity contribution in [2.45, 2.75) is 75.5 Å². The number of carbonyl (C=O) groups is 3. The third-order valence-electron chi connectivity index (χ3n) is 6.15. The number of carboxylic acids is 1. The molecule has 1 aliphatic rings. The Kier molecular flexibility index (Phi) is 14.2. The SMILES string of the molecule is CC(=O)N[C@H]1[C@H]([C@H](O)[C@H](O)CO)O[C@@](OCCCCOCCCNC(=O)OCc2ccccc2)(C(=O)O)C[C@@H]1O. The number of carbonyl (C=O) groups excluding carboxylic acids is 2. The molecule has 7 N–H and O–H groups in total. The highest BCUT2D eigenvalue weighted by Gasteiger charge is 2.55. The number of alkyl carbamates (subject to hydrolysis) is 1. The summed E-state index contributed by atoms with van der Waals surface area (Å²) in [5.41, 5.74) is 0.887. The monoisotopic (exact) mass is 572 g/mol. The molecule has 2 amide bonds. The van der Waals surface area contributed by atoms with Gasteiger partial charge in [-0.15, -0.1) is 0 Å². The zero-order valence-corrected chi connectivity index (χ0v) is 22.4. The average Bonchev–Trinajstić information content (AvgIpc) is 2.93. The second kappa shape index (κ2) is 17.1. The fourth-order valence-electron chi connectivity index (χ4n) is 4.06. The molecule has 1 saturated heterocycles. The molecule has 14 heteroatoms. The third kappa shape index (κ3) is 10.6. The van der Waals surface area contributed by atoms with E-state index >= 15 is 0 Å². The lowest BCUT2D eigenvalue weighted by Crippen LogP contribution is -2.67. The highest BCUT2D eigenvalue weighted by Crippen LogP contribution is 2.33. The van der Waals surface area contributed by atoms with Crippen LogP contribution in [0.2, 0.25) is 0 Å². The molecule has 2 rings (SSSR count). The maximum atomic E-state index is 12.1. The Morgan fingerprint density at radius 2 is 1.77 bits per heavy atom. The summed E-state index contributed by atoms with van der Waals surface area (Å²) in [7, 11) is 0. The van der Waals surface area contributed by atoms with Gasteiger partial charge in [0.05, 0.1) is 25.4 Å². The number of amides is 2. The fraction of sp³-hybridized carbons (Fsp3) is 0.654. The average molecular weight is 573 g/mol. The highest BCUT2D eigenvalue weighted by molar-refractivity contribution is 5.76. The summed E-state index contributed by atoms with van der Waals surface area (Å²) in [4.78, 5) is 35.4. The fourth-order valence-corrected chi connectivity index (χ4v) is 4.06. The largest absolute Gasteiger partial charge is 0.477 e. The molecule has 1 aromatic rings. The number of nitrogens with one attached hydrogen (secondary N) is 2. The van der Waals surface area contributed by atoms with Crippen LogP contribution in [0.15, 0.2) is 30.3 Å². The van der Waals surface area contributed by atoms with Crippen LogP contribution in [0.1, 0.15) is 38.2 Å². The number of benzene rings is 1. The topological polar surface area (TPSA) is 213 Å². The number of aliphatic hydroxyl groups excluding tert-OH is 4. The predicted molar refractivity (Wildman–Crippen MR) is 138 cm³/mol. The van der Waals surface area contributed by atoms with E-state index in [0.29, 0.717) is 39.0 Å². The lowest BCUT2D eigenvalue weighted by molar-refractivity contribution is -0.311. The number of ether oxygens (including phenoxy) is 4. The van der Waals surface area contributed by atoms with Gasteiger partial charge in [-0.3, -0.25) is 4.79 Å². The molecular weight excluding hydrogens is 532 g/mol. The van der Waals surface area contributed by atoms with Crippen molar-refractivity contribution in [3.05, 3.63) is 35.9 Å². The van der Waals surface area contributed by atoms with E-state index in [1.807, 2.05) is 30.3 Å². The third-order valence-corrected chi connectivity index (χ3v) is 6.15. The number of unbranched alkanes of at least 4 members (excludes halogenated alkanes) is 1. The maximum Gasteiger partial charge on any atom is 0.407 e. The van der Waals surface area contributed by atoms with E-state index in [-0.39, 0.29) is 13.2 Å². The quantitative estimate of drug-likeness (QED) is 0.115. The Hall–Kier alpha value is -2.85. The Morgan fingerprint density at radius 3 is 2.42 bits per heavy atom. The minimum Gasteiger partial charge on any atom is -0.477 e. The summed E-state index contributed by atoms with van der Waals surface area (Å²) in [6.07, 6.45) is -6.25. The van der Waals surface area contributed by atoms with Crippen LogP contribution in [-0.4, -0.2) is 113 Å². The summed E-state index contributed by atoms with van der Waals surface area (Å²) in [5.74, 6) is -4.49. The molecule has 1 fully saturated rings. The van der Waals surface area contributed by atoms with Crippen molar-refractivity contribution in [2.75, 3.05) is 33.0 Å². The lowest BCUT2D eigenvalue weighted by atomic mass is 9.88. The van der Waals surface area contributed by atoms with E-state index in [9.17, 15) is 39.9 Å². The Balaban J connectivity index is 1.70. The van der Waals surface area contributed by atoms with Crippen LogP contribution in [0.5, 0.6) is 0 Å². The molecule has 14 nitrogen and oxygen atoms in total. The highest BCUT2D eigenvalue weighted by atomic mass is 16.7. The number of aliphatic hydroxyl groups is 4. The zero-order valence-electron chi connectivity index (χ0n) is 22.4. The number of aliphatic carboxylic acids is 1. The molecule has 1 heterocycles. The molecule has 0 radical (unpaired) electrons. The second-order valence-electron chi connectivity index (χ2n) is 9.39. The van der Waals surface area contributed by atoms with Crippen molar-refractivity contribution in [1.82, 2.24) is 10.6 Å². The van der Waals surface area contributed by atoms with Crippen LogP contribution >= 0.6 is 0 Å². The first-order valence-electron chi connectivity index (χ1n) is 13.1. The first kappa shape index (κ1) is 33.4. The van der Waals surface area contributed by atoms with Crippen molar-refractivity contribution in [1.29, 1.82) is 0 Å². The van der Waals surface area contributed by atoms with Gasteiger partial charge in [-0.1, -0.05) is 30.3 Å². The van der Waals surface area contributed by atoms with E-state index in [1.165, 1.54) is 0 Å². The number of hydrogen-bond donors (Lipinski definition) is 7. The summed E-state index contributed by atoms with van der Waals surface area (Å²) < 4.78 is 21.7. The second-order valence-corrected chi connectivity index (χ2v) is 9.39. The van der Waals surface area contributed by atoms with E-state index in [1.54, 1.807) is 0 Å². The maximum absolute atomic E-state index is 12.1. The summed E-state index contributed by atoms with van der Waals surface area (Å²) >= 11 is 0. The van der Waals surface area contributed by atoms with E-state index in [4.69, 9.17) is 18.9 Å². The molecule has 1 aromatic carbocycles. The zero-order chi connectivity index (χ0) is 29.5. The van der Waals surface area contributed by atoms with Gasteiger partial charge in [-0.05, 0) is 24.8 Å². The van der Waals surface area contributed by atoms with Crippen molar-refractivity contribution in [3.63, 3.8) is 0 Å². The Bertz CT molecular complexity index is 920. The number of rotatable bonds is 17. The predicted octanol–water partition coefficient (Wildman–Crippen LogP) is -0.734. The van der Waals surface area contributed by atoms with Crippen LogP contribution in [-0.2, 0) is 35.1 Å². The molecule has 6 atom stereocenters. The van der Waals surface area contributed by atoms with Crippen LogP contribution in [0.3, 0.4) is 0 Å². The molecule has 0 saturated carbocycles. The lowest BCUT2D eigenvalue weighted by Gasteiger charge is -2.46. The standard InChI is InChI=1S/C26H40N2O12/c1-17(30)28-21-19(31)14-26(24(34)35,40-23(21)22(33)20(32)15-29)39-13-6-5-11-37-12-7-10-27-25(36)38-16-18-8-3-2-4-9-18/h2-4,8-9,19-23,29,31-33H,5-7,10-16H2,1H3,(H,27,36)(H,28,30)(H,34,35)/t19-,20+,21+,22+,23+,26+/m0/s1. The van der Waals surface area contributed by atoms with Crippen LogP contribution in [0, 0.1) is 0 Å². The smallest absolute Gasteiger partial charge is 0.407 e. The van der Waals surface area contributed by atoms with Gasteiger partial charge in [0.15, 0.2) is 0 Å². The molecule has 0 unspecified atom stereocenters. The van der Waals surface area contributed by atoms with Gasteiger partial charge in [0.1, 0.15) is 24.9 Å². The van der Waals surface area contributed by atoms with Gasteiger partial charge < -0.3 is 55.1 Å². The van der Waals surface area contributed by atoms with Crippen molar-refractivity contribution < 1.29 is 58.9 Å². The van der Waals surface area contributed by atoms with Gasteiger partial charge >= 0.3 is 12.1 Å². The van der Waals surface area contributed by atoms with Crippen molar-refractivity contribution in [2.24, 2.45) is 0 Å². The van der Waals surface area contributed by atoms with Gasteiger partial charge in [0.25, 0.3) is 5.79 Å². The summed E-state index contributed by atoms with van der Waals surface area (Å²) in [6, 6.07) is 8.05. The van der Waals surface area contributed by atoms with Crippen molar-refractivity contribution >= 4 is 18.0 Å². The Labute approximate surface area is 232 Å². The number of carboxylic acid groups (broad SMARTS) is 1. The number of hydrogen-bond acceptors (Lipinski definition) is 11. The minimum atomic E-state index is -2.35.